The molecule has 5 heteroatoms. The van der Waals surface area contributed by atoms with Crippen molar-refractivity contribution >= 4 is 5.91 Å². The van der Waals surface area contributed by atoms with Crippen LogP contribution >= 0.6 is 0 Å². The van der Waals surface area contributed by atoms with Gasteiger partial charge >= 0.3 is 0 Å². The Balaban J connectivity index is 1.76. The summed E-state index contributed by atoms with van der Waals surface area (Å²) in [4.78, 5) is 13.9. The zero-order chi connectivity index (χ0) is 14.5. The van der Waals surface area contributed by atoms with Crippen molar-refractivity contribution in [2.75, 3.05) is 20.2 Å². The van der Waals surface area contributed by atoms with Gasteiger partial charge < -0.3 is 9.64 Å². The normalized spacial score (nSPS) is 30.6. The number of fused-ring (bicyclic) bond motifs is 1. The second-order valence-corrected chi connectivity index (χ2v) is 5.83. The Morgan fingerprint density at radius 2 is 2.20 bits per heavy atom. The van der Waals surface area contributed by atoms with Crippen LogP contribution in [0.4, 0.5) is 8.78 Å². The molecule has 1 aliphatic carbocycles. The van der Waals surface area contributed by atoms with Crippen molar-refractivity contribution in [1.82, 2.24) is 4.90 Å². The third kappa shape index (κ3) is 1.72. The topological polar surface area (TPSA) is 29.5 Å². The molecular weight excluding hydrogens is 264 g/mol. The molecule has 1 amide bonds. The van der Waals surface area contributed by atoms with E-state index in [0.29, 0.717) is 24.3 Å². The third-order valence-electron chi connectivity index (χ3n) is 4.79. The lowest BCUT2D eigenvalue weighted by molar-refractivity contribution is 0.0635. The molecule has 3 rings (SSSR count). The van der Waals surface area contributed by atoms with Gasteiger partial charge in [-0.3, -0.25) is 4.79 Å². The molecule has 1 heterocycles. The molecule has 0 N–H and O–H groups in total. The van der Waals surface area contributed by atoms with Crippen molar-refractivity contribution in [3.05, 3.63) is 29.8 Å². The van der Waals surface area contributed by atoms with Gasteiger partial charge in [-0.2, -0.15) is 0 Å². The van der Waals surface area contributed by atoms with Crippen molar-refractivity contribution in [2.24, 2.45) is 11.3 Å². The molecule has 3 nitrogen and oxygen atoms in total. The summed E-state index contributed by atoms with van der Waals surface area (Å²) in [5.41, 5.74) is -0.421. The maximum Gasteiger partial charge on any atom is 0.259 e. The fourth-order valence-electron chi connectivity index (χ4n) is 3.13. The van der Waals surface area contributed by atoms with Gasteiger partial charge in [0.2, 0.25) is 0 Å². The average molecular weight is 281 g/mol. The number of carbonyl (C=O) groups is 1. The third-order valence-corrected chi connectivity index (χ3v) is 4.79. The highest BCUT2D eigenvalue weighted by Crippen LogP contribution is 2.69. The lowest BCUT2D eigenvalue weighted by atomic mass is 9.97. The number of ether oxygens (including phenoxy) is 1. The predicted octanol–water partition coefficient (Wildman–Crippen LogP) is 2.81. The monoisotopic (exact) mass is 281 g/mol. The van der Waals surface area contributed by atoms with Crippen LogP contribution < -0.4 is 4.74 Å². The number of benzene rings is 1. The number of alkyl halides is 2. The number of halogens is 2. The lowest BCUT2D eigenvalue weighted by Gasteiger charge is -2.28. The van der Waals surface area contributed by atoms with Crippen molar-refractivity contribution in [2.45, 2.75) is 19.3 Å². The molecule has 2 atom stereocenters. The van der Waals surface area contributed by atoms with E-state index in [9.17, 15) is 13.6 Å². The summed E-state index contributed by atoms with van der Waals surface area (Å²) in [6.45, 7) is 2.14. The molecule has 0 unspecified atom stereocenters. The first-order valence-electron chi connectivity index (χ1n) is 6.71. The molecule has 0 bridgehead atoms. The molecule has 20 heavy (non-hydrogen) atoms. The van der Waals surface area contributed by atoms with Gasteiger partial charge in [0.05, 0.1) is 13.0 Å². The van der Waals surface area contributed by atoms with Crippen molar-refractivity contribution in [1.29, 1.82) is 0 Å². The zero-order valence-electron chi connectivity index (χ0n) is 11.5. The number of piperidine rings is 1. The number of hydrogen-bond acceptors (Lipinski definition) is 2. The molecule has 0 radical (unpaired) electrons. The summed E-state index contributed by atoms with van der Waals surface area (Å²) < 4.78 is 32.5. The Bertz CT molecular complexity index is 561. The quantitative estimate of drug-likeness (QED) is 0.834. The standard InChI is InChI=1S/C15H17F2NO2/c1-14-6-7-18(9-12(14)15(14,16)17)13(19)10-4-3-5-11(8-10)20-2/h3-5,8,12H,6-7,9H2,1-2H3/t12-,14+/m0/s1. The smallest absolute Gasteiger partial charge is 0.259 e. The number of nitrogens with zero attached hydrogens (tertiary/aromatic N) is 1. The Morgan fingerprint density at radius 3 is 2.85 bits per heavy atom. The van der Waals surface area contributed by atoms with Crippen molar-refractivity contribution in [3.63, 3.8) is 0 Å². The van der Waals surface area contributed by atoms with E-state index >= 15 is 0 Å². The van der Waals surface area contributed by atoms with Crippen LogP contribution in [-0.2, 0) is 0 Å². The summed E-state index contributed by atoms with van der Waals surface area (Å²) in [5, 5.41) is 0. The van der Waals surface area contributed by atoms with Crippen molar-refractivity contribution in [3.8, 4) is 5.75 Å². The number of rotatable bonds is 2. The fraction of sp³-hybridized carbons (Fsp3) is 0.533. The summed E-state index contributed by atoms with van der Waals surface area (Å²) in [5.74, 6) is -2.93. The van der Waals surface area contributed by atoms with Crippen LogP contribution in [0, 0.1) is 11.3 Å². The number of methoxy groups -OCH3 is 1. The summed E-state index contributed by atoms with van der Waals surface area (Å²) >= 11 is 0. The first-order valence-corrected chi connectivity index (χ1v) is 6.71. The van der Waals surface area contributed by atoms with E-state index in [1.54, 1.807) is 31.2 Å². The van der Waals surface area contributed by atoms with E-state index in [2.05, 4.69) is 0 Å². The molecular formula is C15H17F2NO2. The summed E-state index contributed by atoms with van der Waals surface area (Å²) in [6, 6.07) is 6.80. The van der Waals surface area contributed by atoms with Gasteiger partial charge in [0, 0.05) is 24.1 Å². The highest BCUT2D eigenvalue weighted by Gasteiger charge is 2.78. The molecule has 0 aromatic heterocycles. The fourth-order valence-corrected chi connectivity index (χ4v) is 3.13. The van der Waals surface area contributed by atoms with Gasteiger partial charge in [-0.25, -0.2) is 8.78 Å². The minimum Gasteiger partial charge on any atom is -0.497 e. The van der Waals surface area contributed by atoms with Crippen LogP contribution in [0.1, 0.15) is 23.7 Å². The van der Waals surface area contributed by atoms with Crippen LogP contribution in [0.5, 0.6) is 5.75 Å². The second-order valence-electron chi connectivity index (χ2n) is 5.83. The Kier molecular flexibility index (Phi) is 2.78. The summed E-state index contributed by atoms with van der Waals surface area (Å²) in [7, 11) is 1.53. The van der Waals surface area contributed by atoms with E-state index in [1.807, 2.05) is 0 Å². The van der Waals surface area contributed by atoms with Gasteiger partial charge in [-0.1, -0.05) is 13.0 Å². The molecule has 1 aromatic carbocycles. The molecule has 1 saturated carbocycles. The van der Waals surface area contributed by atoms with E-state index in [-0.39, 0.29) is 12.5 Å². The molecule has 0 spiro atoms. The maximum atomic E-state index is 13.7. The van der Waals surface area contributed by atoms with Crippen LogP contribution in [0.3, 0.4) is 0 Å². The minimum atomic E-state index is -2.63. The number of hydrogen-bond donors (Lipinski definition) is 0. The SMILES string of the molecule is COc1cccc(C(=O)N2CC[C@]3(C)[C@H](C2)C3(F)F)c1. The van der Waals surface area contributed by atoms with Crippen LogP contribution in [0.2, 0.25) is 0 Å². The van der Waals surface area contributed by atoms with Crippen LogP contribution in [0.25, 0.3) is 0 Å². The van der Waals surface area contributed by atoms with E-state index in [4.69, 9.17) is 4.74 Å². The minimum absolute atomic E-state index is 0.138. The number of carbonyl (C=O) groups excluding carboxylic acids is 1. The largest absolute Gasteiger partial charge is 0.497 e. The Labute approximate surface area is 116 Å². The van der Waals surface area contributed by atoms with E-state index in [0.717, 1.165) is 0 Å². The van der Waals surface area contributed by atoms with Crippen LogP contribution in [-0.4, -0.2) is 36.9 Å². The van der Waals surface area contributed by atoms with Crippen LogP contribution in [0.15, 0.2) is 24.3 Å². The molecule has 1 saturated heterocycles. The van der Waals surface area contributed by atoms with Gasteiger partial charge in [-0.15, -0.1) is 0 Å². The average Bonchev–Trinajstić information content (AvgIpc) is 2.91. The number of likely N-dealkylation sites (tertiary alicyclic amines) is 1. The molecule has 2 aliphatic rings. The molecule has 1 aromatic rings. The highest BCUT2D eigenvalue weighted by atomic mass is 19.3. The molecule has 2 fully saturated rings. The van der Waals surface area contributed by atoms with Gasteiger partial charge in [0.25, 0.3) is 11.8 Å². The first kappa shape index (κ1) is 13.3. The van der Waals surface area contributed by atoms with Gasteiger partial charge in [-0.05, 0) is 24.6 Å². The van der Waals surface area contributed by atoms with Gasteiger partial charge in [0.1, 0.15) is 5.75 Å². The predicted molar refractivity (Wildman–Crippen MR) is 70.1 cm³/mol. The van der Waals surface area contributed by atoms with E-state index in [1.165, 1.54) is 12.0 Å². The summed E-state index contributed by atoms with van der Waals surface area (Å²) in [6.07, 6.45) is 0.361. The first-order chi connectivity index (χ1) is 9.40. The molecule has 1 aliphatic heterocycles. The highest BCUT2D eigenvalue weighted by molar-refractivity contribution is 5.94. The maximum absolute atomic E-state index is 13.7. The Morgan fingerprint density at radius 1 is 1.45 bits per heavy atom. The van der Waals surface area contributed by atoms with Gasteiger partial charge in [0.15, 0.2) is 0 Å². The molecule has 108 valence electrons. The Hall–Kier alpha value is -1.65. The lowest BCUT2D eigenvalue weighted by Crippen LogP contribution is -2.38. The zero-order valence-corrected chi connectivity index (χ0v) is 11.5. The van der Waals surface area contributed by atoms with E-state index < -0.39 is 17.3 Å². The number of amides is 1. The van der Waals surface area contributed by atoms with Crippen molar-refractivity contribution < 1.29 is 18.3 Å². The second kappa shape index (κ2) is 4.17.